The van der Waals surface area contributed by atoms with Crippen LogP contribution in [0.3, 0.4) is 0 Å². The third-order valence-corrected chi connectivity index (χ3v) is 6.75. The molecular formula is C26H21F2NO5S. The SMILES string of the molecule is O=C(Nc1ccc(OC(F)F)c(Cc2ccccc2)c1)c1ccc(CS(=O)(=O)c2ccccc2)o1. The fourth-order valence-corrected chi connectivity index (χ4v) is 4.76. The van der Waals surface area contributed by atoms with Crippen molar-refractivity contribution in [2.45, 2.75) is 23.7 Å². The number of furan rings is 1. The molecule has 180 valence electrons. The molecular weight excluding hydrogens is 476 g/mol. The van der Waals surface area contributed by atoms with Crippen LogP contribution in [0.2, 0.25) is 0 Å². The van der Waals surface area contributed by atoms with Crippen LogP contribution in [0, 0.1) is 0 Å². The number of hydrogen-bond acceptors (Lipinski definition) is 5. The van der Waals surface area contributed by atoms with Gasteiger partial charge in [0.05, 0.1) is 4.90 Å². The number of anilines is 1. The molecule has 0 saturated carbocycles. The smallest absolute Gasteiger partial charge is 0.387 e. The minimum absolute atomic E-state index is 0.00764. The van der Waals surface area contributed by atoms with Gasteiger partial charge in [0.15, 0.2) is 15.6 Å². The second kappa shape index (κ2) is 10.5. The maximum atomic E-state index is 12.9. The first kappa shape index (κ1) is 24.2. The Kier molecular flexibility index (Phi) is 7.26. The molecule has 3 aromatic carbocycles. The van der Waals surface area contributed by atoms with Crippen LogP contribution in [0.15, 0.2) is 100 Å². The zero-order valence-electron chi connectivity index (χ0n) is 18.4. The largest absolute Gasteiger partial charge is 0.455 e. The highest BCUT2D eigenvalue weighted by Crippen LogP contribution is 2.27. The first-order valence-corrected chi connectivity index (χ1v) is 12.2. The number of carbonyl (C=O) groups is 1. The molecule has 1 amide bonds. The molecule has 6 nitrogen and oxygen atoms in total. The van der Waals surface area contributed by atoms with E-state index in [0.29, 0.717) is 17.7 Å². The Hall–Kier alpha value is -3.98. The summed E-state index contributed by atoms with van der Waals surface area (Å²) in [6.07, 6.45) is 0.314. The first-order valence-electron chi connectivity index (χ1n) is 10.6. The van der Waals surface area contributed by atoms with Crippen molar-refractivity contribution in [3.05, 3.63) is 114 Å². The minimum Gasteiger partial charge on any atom is -0.455 e. The molecule has 0 radical (unpaired) electrons. The maximum absolute atomic E-state index is 12.9. The third-order valence-electron chi connectivity index (χ3n) is 5.09. The maximum Gasteiger partial charge on any atom is 0.387 e. The Bertz CT molecular complexity index is 1400. The predicted octanol–water partition coefficient (Wildman–Crippen LogP) is 5.70. The van der Waals surface area contributed by atoms with Crippen molar-refractivity contribution in [3.8, 4) is 5.75 Å². The summed E-state index contributed by atoms with van der Waals surface area (Å²) in [5.74, 6) is -0.967. The van der Waals surface area contributed by atoms with Crippen LogP contribution >= 0.6 is 0 Å². The van der Waals surface area contributed by atoms with Crippen molar-refractivity contribution in [2.24, 2.45) is 0 Å². The number of rotatable bonds is 9. The second-order valence-corrected chi connectivity index (χ2v) is 9.65. The Morgan fingerprint density at radius 1 is 0.914 bits per heavy atom. The zero-order valence-corrected chi connectivity index (χ0v) is 19.2. The van der Waals surface area contributed by atoms with Crippen LogP contribution in [0.25, 0.3) is 0 Å². The lowest BCUT2D eigenvalue weighted by Crippen LogP contribution is -2.12. The number of halogens is 2. The van der Waals surface area contributed by atoms with Gasteiger partial charge < -0.3 is 14.5 Å². The average molecular weight is 498 g/mol. The minimum atomic E-state index is -3.64. The van der Waals surface area contributed by atoms with E-state index in [0.717, 1.165) is 5.56 Å². The molecule has 0 atom stereocenters. The molecule has 0 saturated heterocycles. The molecule has 4 aromatic rings. The van der Waals surface area contributed by atoms with E-state index in [9.17, 15) is 22.0 Å². The number of benzene rings is 3. The van der Waals surface area contributed by atoms with Crippen molar-refractivity contribution in [1.29, 1.82) is 0 Å². The molecule has 9 heteroatoms. The Labute approximate surface area is 201 Å². The predicted molar refractivity (Wildman–Crippen MR) is 126 cm³/mol. The Morgan fingerprint density at radius 3 is 2.29 bits per heavy atom. The van der Waals surface area contributed by atoms with Gasteiger partial charge in [-0.05, 0) is 48.0 Å². The Morgan fingerprint density at radius 2 is 1.60 bits per heavy atom. The highest BCUT2D eigenvalue weighted by molar-refractivity contribution is 7.90. The van der Waals surface area contributed by atoms with Crippen molar-refractivity contribution < 1.29 is 31.1 Å². The van der Waals surface area contributed by atoms with Crippen LogP contribution in [0.4, 0.5) is 14.5 Å². The van der Waals surface area contributed by atoms with Gasteiger partial charge in [0.1, 0.15) is 17.3 Å². The van der Waals surface area contributed by atoms with Crippen LogP contribution in [0.1, 0.15) is 27.4 Å². The van der Waals surface area contributed by atoms with E-state index in [1.807, 2.05) is 30.3 Å². The van der Waals surface area contributed by atoms with Crippen molar-refractivity contribution >= 4 is 21.4 Å². The number of hydrogen-bond donors (Lipinski definition) is 1. The third kappa shape index (κ3) is 6.33. The fraction of sp³-hybridized carbons (Fsp3) is 0.115. The lowest BCUT2D eigenvalue weighted by Gasteiger charge is -2.13. The average Bonchev–Trinajstić information content (AvgIpc) is 3.30. The van der Waals surface area contributed by atoms with Crippen LogP contribution in [0.5, 0.6) is 5.75 Å². The number of carbonyl (C=O) groups excluding carboxylic acids is 1. The molecule has 0 aliphatic rings. The van der Waals surface area contributed by atoms with Crippen LogP contribution in [-0.2, 0) is 22.0 Å². The summed E-state index contributed by atoms with van der Waals surface area (Å²) in [7, 11) is -3.64. The number of amides is 1. The Balaban J connectivity index is 1.50. The molecule has 0 aliphatic heterocycles. The van der Waals surface area contributed by atoms with E-state index in [-0.39, 0.29) is 22.2 Å². The molecule has 0 bridgehead atoms. The van der Waals surface area contributed by atoms with Gasteiger partial charge in [0, 0.05) is 17.7 Å². The fourth-order valence-electron chi connectivity index (χ4n) is 3.49. The van der Waals surface area contributed by atoms with E-state index < -0.39 is 28.1 Å². The van der Waals surface area contributed by atoms with Crippen LogP contribution in [-0.4, -0.2) is 20.9 Å². The lowest BCUT2D eigenvalue weighted by molar-refractivity contribution is -0.0503. The normalized spacial score (nSPS) is 11.4. The van der Waals surface area contributed by atoms with Crippen molar-refractivity contribution in [2.75, 3.05) is 5.32 Å². The summed E-state index contributed by atoms with van der Waals surface area (Å²) >= 11 is 0. The molecule has 1 aromatic heterocycles. The van der Waals surface area contributed by atoms with Gasteiger partial charge in [-0.15, -0.1) is 0 Å². The molecule has 0 aliphatic carbocycles. The highest BCUT2D eigenvalue weighted by Gasteiger charge is 2.20. The summed E-state index contributed by atoms with van der Waals surface area (Å²) in [6, 6.07) is 24.3. The standard InChI is InChI=1S/C26H21F2NO5S/c27-26(28)34-23-13-11-20(16-19(23)15-18-7-3-1-4-8-18)29-25(30)24-14-12-21(33-24)17-35(31,32)22-9-5-2-6-10-22/h1-14,16,26H,15,17H2,(H,29,30). The van der Waals surface area contributed by atoms with Gasteiger partial charge in [-0.25, -0.2) is 8.42 Å². The number of alkyl halides is 2. The molecule has 1 N–H and O–H groups in total. The van der Waals surface area contributed by atoms with E-state index >= 15 is 0 Å². The zero-order chi connectivity index (χ0) is 24.8. The lowest BCUT2D eigenvalue weighted by atomic mass is 10.0. The number of ether oxygens (including phenoxy) is 1. The van der Waals surface area contributed by atoms with Gasteiger partial charge in [-0.3, -0.25) is 4.79 Å². The first-order chi connectivity index (χ1) is 16.8. The second-order valence-electron chi connectivity index (χ2n) is 7.66. The quantitative estimate of drug-likeness (QED) is 0.321. The van der Waals surface area contributed by atoms with E-state index in [1.54, 1.807) is 24.3 Å². The molecule has 0 unspecified atom stereocenters. The van der Waals surface area contributed by atoms with Crippen LogP contribution < -0.4 is 10.1 Å². The van der Waals surface area contributed by atoms with Gasteiger partial charge in [0.2, 0.25) is 0 Å². The summed E-state index contributed by atoms with van der Waals surface area (Å²) in [6.45, 7) is -2.99. The molecule has 35 heavy (non-hydrogen) atoms. The van der Waals surface area contributed by atoms with Gasteiger partial charge in [0.25, 0.3) is 5.91 Å². The summed E-state index contributed by atoms with van der Waals surface area (Å²) < 4.78 is 60.9. The monoisotopic (exact) mass is 497 g/mol. The highest BCUT2D eigenvalue weighted by atomic mass is 32.2. The van der Waals surface area contributed by atoms with Crippen molar-refractivity contribution in [1.82, 2.24) is 0 Å². The molecule has 0 fully saturated rings. The molecule has 0 spiro atoms. The summed E-state index contributed by atoms with van der Waals surface area (Å²) in [5.41, 5.74) is 1.69. The topological polar surface area (TPSA) is 85.6 Å². The van der Waals surface area contributed by atoms with Gasteiger partial charge in [-0.2, -0.15) is 8.78 Å². The van der Waals surface area contributed by atoms with Gasteiger partial charge in [-0.1, -0.05) is 48.5 Å². The van der Waals surface area contributed by atoms with E-state index in [1.165, 1.54) is 36.4 Å². The number of sulfone groups is 1. The summed E-state index contributed by atoms with van der Waals surface area (Å²) in [5, 5.41) is 2.65. The molecule has 4 rings (SSSR count). The van der Waals surface area contributed by atoms with Gasteiger partial charge >= 0.3 is 6.61 Å². The van der Waals surface area contributed by atoms with E-state index in [4.69, 9.17) is 4.42 Å². The summed E-state index contributed by atoms with van der Waals surface area (Å²) in [4.78, 5) is 12.8. The van der Waals surface area contributed by atoms with Crippen molar-refractivity contribution in [3.63, 3.8) is 0 Å². The van der Waals surface area contributed by atoms with E-state index in [2.05, 4.69) is 10.1 Å². The number of nitrogens with one attached hydrogen (secondary N) is 1. The molecule has 1 heterocycles.